The molecular weight excluding hydrogens is 497 g/mol. The largest absolute Gasteiger partial charge is 0.465 e. The maximum absolute atomic E-state index is 13.6. The molecule has 3 rings (SSSR count). The molecule has 1 aromatic carbocycles. The maximum atomic E-state index is 13.6. The molecule has 1 fully saturated rings. The molecule has 208 valence electrons. The van der Waals surface area contributed by atoms with E-state index >= 15 is 0 Å². The lowest BCUT2D eigenvalue weighted by Gasteiger charge is -2.34. The minimum absolute atomic E-state index is 0.0116. The zero-order chi connectivity index (χ0) is 28.6. The van der Waals surface area contributed by atoms with Gasteiger partial charge in [-0.25, -0.2) is 9.78 Å². The molecule has 1 saturated carbocycles. The lowest BCUT2D eigenvalue weighted by molar-refractivity contribution is -0.139. The summed E-state index contributed by atoms with van der Waals surface area (Å²) < 4.78 is 51.2. The molecule has 1 heterocycles. The second-order valence-electron chi connectivity index (χ2n) is 9.35. The molecule has 2 aromatic rings. The summed E-state index contributed by atoms with van der Waals surface area (Å²) in [6.45, 7) is 13.3. The van der Waals surface area contributed by atoms with Crippen LogP contribution < -0.4 is 9.64 Å². The zero-order valence-corrected chi connectivity index (χ0v) is 22.9. The van der Waals surface area contributed by atoms with E-state index in [0.29, 0.717) is 11.6 Å². The highest BCUT2D eigenvalue weighted by Gasteiger charge is 2.36. The molecule has 9 heteroatoms. The van der Waals surface area contributed by atoms with E-state index in [9.17, 15) is 22.8 Å². The molecule has 1 amide bonds. The van der Waals surface area contributed by atoms with Gasteiger partial charge in [0.05, 0.1) is 18.4 Å². The molecule has 6 nitrogen and oxygen atoms in total. The monoisotopic (exact) mass is 534 g/mol. The average Bonchev–Trinajstić information content (AvgIpc) is 2.90. The standard InChI is InChI=1S/C27H31F3N2O4.C2H6/c1-6-18-13-22(27(28,29)30)24(31-15-18)36-20-11-12-23(21(14-20)26(34)35-5)32(16(2)3)25(33)19-9-7-17(4)8-10-19;1-2/h6,11-17,19H,1,7-10H2,2-5H3;1-2H3. The number of nitrogens with zero attached hydrogens (tertiary/aromatic N) is 2. The number of aromatic nitrogens is 1. The van der Waals surface area contributed by atoms with E-state index < -0.39 is 23.6 Å². The van der Waals surface area contributed by atoms with Gasteiger partial charge in [-0.1, -0.05) is 33.4 Å². The van der Waals surface area contributed by atoms with Crippen molar-refractivity contribution in [2.75, 3.05) is 12.0 Å². The van der Waals surface area contributed by atoms with Crippen LogP contribution in [0.3, 0.4) is 0 Å². The number of carbonyl (C=O) groups excluding carboxylic acids is 2. The Morgan fingerprint density at radius 1 is 1.13 bits per heavy atom. The van der Waals surface area contributed by atoms with Crippen LogP contribution in [-0.4, -0.2) is 30.0 Å². The first-order valence-electron chi connectivity index (χ1n) is 12.9. The number of carbonyl (C=O) groups is 2. The molecule has 38 heavy (non-hydrogen) atoms. The van der Waals surface area contributed by atoms with Gasteiger partial charge < -0.3 is 14.4 Å². The number of hydrogen-bond donors (Lipinski definition) is 0. The summed E-state index contributed by atoms with van der Waals surface area (Å²) in [7, 11) is 1.20. The number of esters is 1. The van der Waals surface area contributed by atoms with Crippen molar-refractivity contribution in [2.24, 2.45) is 11.8 Å². The van der Waals surface area contributed by atoms with Crippen LogP contribution in [0.2, 0.25) is 0 Å². The molecule has 0 atom stereocenters. The lowest BCUT2D eigenvalue weighted by atomic mass is 9.82. The van der Waals surface area contributed by atoms with Crippen molar-refractivity contribution in [3.05, 3.63) is 53.7 Å². The molecule has 0 spiro atoms. The van der Waals surface area contributed by atoms with Crippen LogP contribution in [-0.2, 0) is 15.7 Å². The van der Waals surface area contributed by atoms with Crippen LogP contribution in [0.1, 0.15) is 81.8 Å². The van der Waals surface area contributed by atoms with Crippen molar-refractivity contribution in [3.8, 4) is 11.6 Å². The fraction of sp³-hybridized carbons (Fsp3) is 0.483. The predicted molar refractivity (Wildman–Crippen MR) is 142 cm³/mol. The summed E-state index contributed by atoms with van der Waals surface area (Å²) in [6, 6.07) is 4.80. The van der Waals surface area contributed by atoms with Crippen LogP contribution in [0, 0.1) is 11.8 Å². The third kappa shape index (κ3) is 7.36. The molecular formula is C29H37F3N2O4. The molecule has 1 aromatic heterocycles. The van der Waals surface area contributed by atoms with E-state index in [2.05, 4.69) is 18.5 Å². The molecule has 1 aliphatic carbocycles. The van der Waals surface area contributed by atoms with Gasteiger partial charge in [0, 0.05) is 18.2 Å². The number of pyridine rings is 1. The SMILES string of the molecule is C=Cc1cnc(Oc2ccc(N(C(=O)C3CCC(C)CC3)C(C)C)c(C(=O)OC)c2)c(C(F)(F)F)c1.CC. The Kier molecular flexibility index (Phi) is 10.9. The third-order valence-electron chi connectivity index (χ3n) is 6.38. The van der Waals surface area contributed by atoms with Gasteiger partial charge in [0.2, 0.25) is 11.8 Å². The highest BCUT2D eigenvalue weighted by atomic mass is 19.4. The fourth-order valence-electron chi connectivity index (χ4n) is 4.39. The van der Waals surface area contributed by atoms with Crippen molar-refractivity contribution < 1.29 is 32.2 Å². The Morgan fingerprint density at radius 2 is 1.76 bits per heavy atom. The minimum Gasteiger partial charge on any atom is -0.465 e. The number of alkyl halides is 3. The lowest BCUT2D eigenvalue weighted by Crippen LogP contribution is -2.43. The summed E-state index contributed by atoms with van der Waals surface area (Å²) >= 11 is 0. The van der Waals surface area contributed by atoms with Crippen molar-refractivity contribution in [3.63, 3.8) is 0 Å². The van der Waals surface area contributed by atoms with Crippen molar-refractivity contribution in [2.45, 2.75) is 72.5 Å². The number of amides is 1. The van der Waals surface area contributed by atoms with E-state index in [1.165, 1.54) is 37.6 Å². The van der Waals surface area contributed by atoms with Crippen LogP contribution in [0.5, 0.6) is 11.6 Å². The van der Waals surface area contributed by atoms with Gasteiger partial charge >= 0.3 is 12.1 Å². The number of halogens is 3. The van der Waals surface area contributed by atoms with E-state index in [0.717, 1.165) is 31.7 Å². The highest BCUT2D eigenvalue weighted by molar-refractivity contribution is 6.04. The van der Waals surface area contributed by atoms with Gasteiger partial charge in [-0.3, -0.25) is 4.79 Å². The summed E-state index contributed by atoms with van der Waals surface area (Å²) in [5.74, 6) is -1.13. The van der Waals surface area contributed by atoms with Crippen LogP contribution in [0.25, 0.3) is 6.08 Å². The first-order chi connectivity index (χ1) is 18.0. The number of hydrogen-bond acceptors (Lipinski definition) is 5. The molecule has 0 aliphatic heterocycles. The smallest absolute Gasteiger partial charge is 0.421 e. The number of methoxy groups -OCH3 is 1. The van der Waals surface area contributed by atoms with Gasteiger partial charge in [0.1, 0.15) is 11.3 Å². The van der Waals surface area contributed by atoms with Gasteiger partial charge in [0.25, 0.3) is 0 Å². The van der Waals surface area contributed by atoms with Crippen LogP contribution in [0.4, 0.5) is 18.9 Å². The Hall–Kier alpha value is -3.36. The van der Waals surface area contributed by atoms with Gasteiger partial charge in [-0.15, -0.1) is 0 Å². The van der Waals surface area contributed by atoms with Crippen LogP contribution in [0.15, 0.2) is 37.0 Å². The fourth-order valence-corrected chi connectivity index (χ4v) is 4.39. The Morgan fingerprint density at radius 3 is 2.29 bits per heavy atom. The number of ether oxygens (including phenoxy) is 2. The van der Waals surface area contributed by atoms with Gasteiger partial charge in [0.15, 0.2) is 0 Å². The van der Waals surface area contributed by atoms with Crippen molar-refractivity contribution in [1.82, 2.24) is 4.98 Å². The van der Waals surface area contributed by atoms with E-state index in [4.69, 9.17) is 9.47 Å². The van der Waals surface area contributed by atoms with E-state index in [1.54, 1.807) is 4.90 Å². The predicted octanol–water partition coefficient (Wildman–Crippen LogP) is 7.92. The molecule has 0 unspecified atom stereocenters. The summed E-state index contributed by atoms with van der Waals surface area (Å²) in [5, 5.41) is 0. The van der Waals surface area contributed by atoms with Crippen molar-refractivity contribution in [1.29, 1.82) is 0 Å². The normalized spacial score (nSPS) is 17.2. The second kappa shape index (κ2) is 13.4. The zero-order valence-electron chi connectivity index (χ0n) is 22.9. The quantitative estimate of drug-likeness (QED) is 0.338. The Labute approximate surface area is 222 Å². The van der Waals surface area contributed by atoms with Crippen LogP contribution >= 0.6 is 0 Å². The third-order valence-corrected chi connectivity index (χ3v) is 6.38. The Bertz CT molecular complexity index is 1120. The first-order valence-corrected chi connectivity index (χ1v) is 12.9. The molecule has 0 N–H and O–H groups in total. The maximum Gasteiger partial charge on any atom is 0.421 e. The highest BCUT2D eigenvalue weighted by Crippen LogP contribution is 2.39. The van der Waals surface area contributed by atoms with Crippen molar-refractivity contribution >= 4 is 23.6 Å². The van der Waals surface area contributed by atoms with E-state index in [1.807, 2.05) is 27.7 Å². The summed E-state index contributed by atoms with van der Waals surface area (Å²) in [5.41, 5.74) is -0.561. The van der Waals surface area contributed by atoms with E-state index in [-0.39, 0.29) is 34.7 Å². The van der Waals surface area contributed by atoms with Gasteiger partial charge in [-0.05, 0) is 75.3 Å². The molecule has 0 saturated heterocycles. The van der Waals surface area contributed by atoms with Gasteiger partial charge in [-0.2, -0.15) is 13.2 Å². The Balaban J connectivity index is 0.00000247. The first kappa shape index (κ1) is 30.9. The molecule has 0 bridgehead atoms. The minimum atomic E-state index is -4.72. The topological polar surface area (TPSA) is 68.7 Å². The summed E-state index contributed by atoms with van der Waals surface area (Å²) in [6.07, 6.45) is 1.19. The summed E-state index contributed by atoms with van der Waals surface area (Å²) in [4.78, 5) is 31.6. The second-order valence-corrected chi connectivity index (χ2v) is 9.35. The number of anilines is 1. The number of benzene rings is 1. The average molecular weight is 535 g/mol. The molecule has 1 aliphatic rings. The number of rotatable bonds is 7. The molecule has 0 radical (unpaired) electrons.